The van der Waals surface area contributed by atoms with Crippen molar-refractivity contribution in [2.45, 2.75) is 12.8 Å². The van der Waals surface area contributed by atoms with Crippen LogP contribution in [-0.2, 0) is 14.8 Å². The Bertz CT molecular complexity index is 738. The fourth-order valence-electron chi connectivity index (χ4n) is 2.51. The van der Waals surface area contributed by atoms with Gasteiger partial charge in [-0.1, -0.05) is 12.1 Å². The highest BCUT2D eigenvalue weighted by Gasteiger charge is 2.23. The van der Waals surface area contributed by atoms with Crippen LogP contribution >= 0.6 is 0 Å². The van der Waals surface area contributed by atoms with Gasteiger partial charge in [0.25, 0.3) is 5.91 Å². The summed E-state index contributed by atoms with van der Waals surface area (Å²) in [5.41, 5.74) is 3.69. The molecule has 0 aromatic heterocycles. The van der Waals surface area contributed by atoms with Gasteiger partial charge < -0.3 is 9.64 Å². The largest absolute Gasteiger partial charge is 0.495 e. The summed E-state index contributed by atoms with van der Waals surface area (Å²) in [6, 6.07) is 6.65. The number of ether oxygens (including phenoxy) is 1. The monoisotopic (exact) mass is 368 g/mol. The molecule has 1 amide bonds. The van der Waals surface area contributed by atoms with Gasteiger partial charge in [0.05, 0.1) is 19.1 Å². The van der Waals surface area contributed by atoms with Gasteiger partial charge in [-0.25, -0.2) is 13.8 Å². The maximum atomic E-state index is 12.2. The Morgan fingerprint density at radius 3 is 2.56 bits per heavy atom. The summed E-state index contributed by atoms with van der Waals surface area (Å²) in [4.78, 5) is 14.4. The molecule has 2 rings (SSSR count). The first-order valence-electron chi connectivity index (χ1n) is 7.95. The van der Waals surface area contributed by atoms with Crippen molar-refractivity contribution in [3.63, 3.8) is 0 Å². The van der Waals surface area contributed by atoms with E-state index in [4.69, 9.17) is 4.74 Å². The van der Waals surface area contributed by atoms with Crippen molar-refractivity contribution >= 4 is 27.3 Å². The Balaban J connectivity index is 2.10. The van der Waals surface area contributed by atoms with Gasteiger partial charge >= 0.3 is 0 Å². The molecular weight excluding hydrogens is 344 g/mol. The van der Waals surface area contributed by atoms with E-state index in [1.165, 1.54) is 7.11 Å². The molecule has 1 aliphatic heterocycles. The molecule has 25 heavy (non-hydrogen) atoms. The van der Waals surface area contributed by atoms with E-state index in [1.54, 1.807) is 24.3 Å². The Kier molecular flexibility index (Phi) is 6.38. The van der Waals surface area contributed by atoms with Gasteiger partial charge in [-0.15, -0.1) is 0 Å². The topological polar surface area (TPSA) is 91.3 Å². The number of amides is 1. The maximum absolute atomic E-state index is 12.2. The highest BCUT2D eigenvalue weighted by atomic mass is 32.2. The number of likely N-dealkylation sites (tertiary alicyclic amines) is 1. The van der Waals surface area contributed by atoms with E-state index < -0.39 is 15.9 Å². The molecule has 9 heteroatoms. The quantitative estimate of drug-likeness (QED) is 0.745. The fourth-order valence-corrected chi connectivity index (χ4v) is 3.37. The lowest BCUT2D eigenvalue weighted by Gasteiger charge is -2.24. The van der Waals surface area contributed by atoms with E-state index in [0.29, 0.717) is 11.4 Å². The van der Waals surface area contributed by atoms with Gasteiger partial charge in [-0.2, -0.15) is 5.10 Å². The number of benzene rings is 1. The second kappa shape index (κ2) is 8.30. The number of hydrogen-bond donors (Lipinski definition) is 1. The lowest BCUT2D eigenvalue weighted by Crippen LogP contribution is -2.40. The fraction of sp³-hybridized carbons (Fsp3) is 0.500. The third kappa shape index (κ3) is 5.43. The number of rotatable bonds is 6. The number of methoxy groups -OCH3 is 1. The molecule has 1 aliphatic rings. The van der Waals surface area contributed by atoms with Crippen molar-refractivity contribution in [1.82, 2.24) is 10.3 Å². The number of anilines is 1. The van der Waals surface area contributed by atoms with E-state index in [0.717, 1.165) is 42.2 Å². The van der Waals surface area contributed by atoms with Gasteiger partial charge in [0.1, 0.15) is 12.3 Å². The molecule has 0 unspecified atom stereocenters. The summed E-state index contributed by atoms with van der Waals surface area (Å²) in [5.74, 6) is -0.120. The van der Waals surface area contributed by atoms with E-state index in [1.807, 2.05) is 7.05 Å². The van der Waals surface area contributed by atoms with Crippen molar-refractivity contribution in [3.8, 4) is 5.75 Å². The van der Waals surface area contributed by atoms with Crippen LogP contribution in [0.3, 0.4) is 0 Å². The summed E-state index contributed by atoms with van der Waals surface area (Å²) in [6.07, 6.45) is 2.63. The Labute approximate surface area is 148 Å². The molecule has 0 saturated carbocycles. The lowest BCUT2D eigenvalue weighted by atomic mass is 10.1. The van der Waals surface area contributed by atoms with Crippen LogP contribution in [-0.4, -0.2) is 65.0 Å². The predicted octanol–water partition coefficient (Wildman–Crippen LogP) is 0.659. The number of para-hydroxylation sites is 2. The van der Waals surface area contributed by atoms with Crippen molar-refractivity contribution in [2.75, 3.05) is 44.4 Å². The normalized spacial score (nSPS) is 15.6. The van der Waals surface area contributed by atoms with Crippen molar-refractivity contribution in [2.24, 2.45) is 5.10 Å². The van der Waals surface area contributed by atoms with Crippen molar-refractivity contribution in [1.29, 1.82) is 0 Å². The Morgan fingerprint density at radius 1 is 1.32 bits per heavy atom. The first-order valence-corrected chi connectivity index (χ1v) is 9.79. The molecule has 0 aliphatic carbocycles. The molecule has 0 spiro atoms. The zero-order valence-electron chi connectivity index (χ0n) is 14.7. The Morgan fingerprint density at radius 2 is 1.96 bits per heavy atom. The molecule has 0 atom stereocenters. The number of sulfonamides is 1. The second-order valence-electron chi connectivity index (χ2n) is 5.96. The minimum atomic E-state index is -3.66. The summed E-state index contributed by atoms with van der Waals surface area (Å²) in [6.45, 7) is 1.42. The first-order chi connectivity index (χ1) is 11.8. The van der Waals surface area contributed by atoms with Crippen LogP contribution in [0.5, 0.6) is 5.75 Å². The maximum Gasteiger partial charge on any atom is 0.260 e. The molecule has 1 aromatic carbocycles. The number of carbonyl (C=O) groups excluding carboxylic acids is 1. The highest BCUT2D eigenvalue weighted by Crippen LogP contribution is 2.29. The molecule has 1 fully saturated rings. The third-order valence-corrected chi connectivity index (χ3v) is 5.07. The summed E-state index contributed by atoms with van der Waals surface area (Å²) < 4.78 is 30.5. The zero-order valence-corrected chi connectivity index (χ0v) is 15.5. The second-order valence-corrected chi connectivity index (χ2v) is 7.86. The van der Waals surface area contributed by atoms with E-state index in [-0.39, 0.29) is 6.54 Å². The molecule has 1 aromatic rings. The summed E-state index contributed by atoms with van der Waals surface area (Å²) in [5, 5.41) is 4.13. The predicted molar refractivity (Wildman–Crippen MR) is 97.5 cm³/mol. The molecule has 1 N–H and O–H groups in total. The molecule has 0 bridgehead atoms. The van der Waals surface area contributed by atoms with Crippen LogP contribution in [0.2, 0.25) is 0 Å². The van der Waals surface area contributed by atoms with Crippen LogP contribution in [0, 0.1) is 0 Å². The number of piperidine rings is 1. The lowest BCUT2D eigenvalue weighted by molar-refractivity contribution is -0.119. The van der Waals surface area contributed by atoms with Crippen LogP contribution in [0.1, 0.15) is 12.8 Å². The SMILES string of the molecule is COc1ccccc1N(CC(=O)NN=C1CCN(C)CC1)S(C)(=O)=O. The van der Waals surface area contributed by atoms with Gasteiger partial charge in [0, 0.05) is 31.6 Å². The number of nitrogens with zero attached hydrogens (tertiary/aromatic N) is 3. The van der Waals surface area contributed by atoms with Crippen molar-refractivity contribution < 1.29 is 17.9 Å². The molecule has 1 saturated heterocycles. The number of nitrogens with one attached hydrogen (secondary N) is 1. The number of hydrogen-bond acceptors (Lipinski definition) is 6. The van der Waals surface area contributed by atoms with Crippen LogP contribution in [0.4, 0.5) is 5.69 Å². The Hall–Kier alpha value is -2.13. The first kappa shape index (κ1) is 19.2. The van der Waals surface area contributed by atoms with E-state index in [2.05, 4.69) is 15.4 Å². The molecule has 1 heterocycles. The smallest absolute Gasteiger partial charge is 0.260 e. The van der Waals surface area contributed by atoms with Gasteiger partial charge in [0.15, 0.2) is 0 Å². The van der Waals surface area contributed by atoms with Gasteiger partial charge in [-0.3, -0.25) is 9.10 Å². The van der Waals surface area contributed by atoms with Gasteiger partial charge in [-0.05, 0) is 19.2 Å². The zero-order chi connectivity index (χ0) is 18.4. The molecular formula is C16H24N4O4S. The summed E-state index contributed by atoms with van der Waals surface area (Å²) in [7, 11) is -0.175. The van der Waals surface area contributed by atoms with Crippen LogP contribution < -0.4 is 14.5 Å². The number of carbonyl (C=O) groups is 1. The van der Waals surface area contributed by atoms with E-state index in [9.17, 15) is 13.2 Å². The molecule has 138 valence electrons. The average Bonchev–Trinajstić information content (AvgIpc) is 2.58. The standard InChI is InChI=1S/C16H24N4O4S/c1-19-10-8-13(9-11-19)17-18-16(21)12-20(25(3,22)23)14-6-4-5-7-15(14)24-2/h4-7H,8-12H2,1-3H3,(H,18,21). The number of hydrazone groups is 1. The molecule has 0 radical (unpaired) electrons. The van der Waals surface area contributed by atoms with Crippen molar-refractivity contribution in [3.05, 3.63) is 24.3 Å². The third-order valence-electron chi connectivity index (χ3n) is 3.94. The highest BCUT2D eigenvalue weighted by molar-refractivity contribution is 7.92. The summed E-state index contributed by atoms with van der Waals surface area (Å²) >= 11 is 0. The minimum absolute atomic E-state index is 0.314. The van der Waals surface area contributed by atoms with Gasteiger partial charge in [0.2, 0.25) is 10.0 Å². The average molecular weight is 368 g/mol. The minimum Gasteiger partial charge on any atom is -0.495 e. The van der Waals surface area contributed by atoms with Crippen LogP contribution in [0.25, 0.3) is 0 Å². The molecule has 8 nitrogen and oxygen atoms in total. The van der Waals surface area contributed by atoms with E-state index >= 15 is 0 Å². The van der Waals surface area contributed by atoms with Crippen LogP contribution in [0.15, 0.2) is 29.4 Å².